The molecule has 0 spiro atoms. The van der Waals surface area contributed by atoms with Crippen molar-refractivity contribution in [3.8, 4) is 5.75 Å². The predicted octanol–water partition coefficient (Wildman–Crippen LogP) is 3.79. The molecule has 0 bridgehead atoms. The molecule has 160 valence electrons. The Morgan fingerprint density at radius 1 is 1.16 bits per heavy atom. The van der Waals surface area contributed by atoms with Crippen LogP contribution >= 0.6 is 0 Å². The summed E-state index contributed by atoms with van der Waals surface area (Å²) in [6.07, 6.45) is 2.56. The van der Waals surface area contributed by atoms with Crippen LogP contribution in [-0.2, 0) is 17.6 Å². The van der Waals surface area contributed by atoms with Crippen molar-refractivity contribution in [3.63, 3.8) is 0 Å². The van der Waals surface area contributed by atoms with Crippen LogP contribution in [0.25, 0.3) is 10.9 Å². The van der Waals surface area contributed by atoms with Crippen LogP contribution in [0.2, 0.25) is 0 Å². The molecule has 2 heterocycles. The minimum absolute atomic E-state index is 0.118. The summed E-state index contributed by atoms with van der Waals surface area (Å²) in [4.78, 5) is 32.9. The van der Waals surface area contributed by atoms with Gasteiger partial charge in [-0.1, -0.05) is 19.1 Å². The van der Waals surface area contributed by atoms with Crippen molar-refractivity contribution in [2.75, 3.05) is 25.5 Å². The molecular formula is C25H27N3O3. The summed E-state index contributed by atoms with van der Waals surface area (Å²) in [5.74, 6) is 0.926. The summed E-state index contributed by atoms with van der Waals surface area (Å²) < 4.78 is 5.93. The molecular weight excluding hydrogens is 390 g/mol. The first-order chi connectivity index (χ1) is 14.9. The van der Waals surface area contributed by atoms with Gasteiger partial charge in [0.1, 0.15) is 5.75 Å². The number of likely N-dealkylation sites (N-methyl/N-ethyl adjacent to an activating group) is 1. The van der Waals surface area contributed by atoms with E-state index in [9.17, 15) is 9.59 Å². The minimum atomic E-state index is -0.724. The van der Waals surface area contributed by atoms with Crippen molar-refractivity contribution < 1.29 is 14.3 Å². The zero-order chi connectivity index (χ0) is 21.7. The lowest BCUT2D eigenvalue weighted by Gasteiger charge is -2.35. The Balaban J connectivity index is 1.53. The molecule has 0 fully saturated rings. The van der Waals surface area contributed by atoms with E-state index in [0.29, 0.717) is 22.9 Å². The number of carbonyl (C=O) groups is 2. The van der Waals surface area contributed by atoms with Crippen LogP contribution in [0.5, 0.6) is 5.75 Å². The highest BCUT2D eigenvalue weighted by Crippen LogP contribution is 2.36. The maximum Gasteiger partial charge on any atom is 0.265 e. The molecule has 1 N–H and O–H groups in total. The number of aryl methyl sites for hydroxylation is 1. The zero-order valence-corrected chi connectivity index (χ0v) is 18.1. The fraction of sp³-hybridized carbons (Fsp3) is 0.360. The molecule has 5 rings (SSSR count). The van der Waals surface area contributed by atoms with Gasteiger partial charge in [-0.15, -0.1) is 0 Å². The van der Waals surface area contributed by atoms with Gasteiger partial charge in [-0.25, -0.2) is 0 Å². The highest BCUT2D eigenvalue weighted by atomic mass is 16.5. The number of ether oxygens (including phenoxy) is 1. The van der Waals surface area contributed by atoms with Gasteiger partial charge in [0.15, 0.2) is 6.10 Å². The summed E-state index contributed by atoms with van der Waals surface area (Å²) >= 11 is 0. The molecule has 2 atom stereocenters. The van der Waals surface area contributed by atoms with Gasteiger partial charge < -0.3 is 19.5 Å². The third-order valence-electron chi connectivity index (χ3n) is 6.42. The SMILES string of the molecule is C[C@@H]1CCc2[nH]c3ccc(C(=O)N4C[C@@H](C(=O)N(C)C)Oc5ccccc54)cc3c2C1. The molecule has 0 unspecified atom stereocenters. The van der Waals surface area contributed by atoms with Gasteiger partial charge in [0.05, 0.1) is 12.2 Å². The molecule has 0 saturated carbocycles. The molecule has 0 saturated heterocycles. The number of hydrogen-bond acceptors (Lipinski definition) is 3. The second-order valence-corrected chi connectivity index (χ2v) is 8.91. The molecule has 1 aliphatic carbocycles. The number of benzene rings is 2. The fourth-order valence-electron chi connectivity index (χ4n) is 4.72. The van der Waals surface area contributed by atoms with E-state index in [0.717, 1.165) is 23.7 Å². The molecule has 2 amide bonds. The average molecular weight is 418 g/mol. The number of aromatic nitrogens is 1. The molecule has 0 radical (unpaired) electrons. The average Bonchev–Trinajstić information content (AvgIpc) is 3.14. The topological polar surface area (TPSA) is 65.6 Å². The second kappa shape index (κ2) is 7.45. The normalized spacial score (nSPS) is 20.0. The molecule has 3 aromatic rings. The van der Waals surface area contributed by atoms with Crippen molar-refractivity contribution in [1.82, 2.24) is 9.88 Å². The number of nitrogens with one attached hydrogen (secondary N) is 1. The number of rotatable bonds is 2. The van der Waals surface area contributed by atoms with Crippen LogP contribution in [0.3, 0.4) is 0 Å². The summed E-state index contributed by atoms with van der Waals surface area (Å²) in [6, 6.07) is 13.3. The number of fused-ring (bicyclic) bond motifs is 4. The number of nitrogens with zero attached hydrogens (tertiary/aromatic N) is 2. The lowest BCUT2D eigenvalue weighted by Crippen LogP contribution is -2.50. The van der Waals surface area contributed by atoms with Gasteiger partial charge in [-0.3, -0.25) is 9.59 Å². The lowest BCUT2D eigenvalue weighted by atomic mass is 9.87. The predicted molar refractivity (Wildman–Crippen MR) is 121 cm³/mol. The number of aromatic amines is 1. The Labute approximate surface area is 181 Å². The number of para-hydroxylation sites is 2. The molecule has 2 aliphatic rings. The lowest BCUT2D eigenvalue weighted by molar-refractivity contribution is -0.135. The highest BCUT2D eigenvalue weighted by molar-refractivity contribution is 6.09. The van der Waals surface area contributed by atoms with Gasteiger partial charge in [-0.2, -0.15) is 0 Å². The Kier molecular flexibility index (Phi) is 4.73. The summed E-state index contributed by atoms with van der Waals surface area (Å²) in [5.41, 5.74) is 5.04. The number of amides is 2. The van der Waals surface area contributed by atoms with E-state index in [2.05, 4.69) is 11.9 Å². The van der Waals surface area contributed by atoms with E-state index < -0.39 is 6.10 Å². The van der Waals surface area contributed by atoms with Crippen LogP contribution < -0.4 is 9.64 Å². The third-order valence-corrected chi connectivity index (χ3v) is 6.42. The third kappa shape index (κ3) is 3.36. The van der Waals surface area contributed by atoms with E-state index in [4.69, 9.17) is 4.74 Å². The van der Waals surface area contributed by atoms with Gasteiger partial charge >= 0.3 is 0 Å². The van der Waals surface area contributed by atoms with Crippen LogP contribution in [0.15, 0.2) is 42.5 Å². The zero-order valence-electron chi connectivity index (χ0n) is 18.1. The van der Waals surface area contributed by atoms with Gasteiger partial charge in [-0.05, 0) is 61.1 Å². The summed E-state index contributed by atoms with van der Waals surface area (Å²) in [7, 11) is 3.39. The van der Waals surface area contributed by atoms with Gasteiger partial charge in [0, 0.05) is 36.3 Å². The minimum Gasteiger partial charge on any atom is -0.476 e. The first-order valence-corrected chi connectivity index (χ1v) is 10.8. The van der Waals surface area contributed by atoms with Crippen molar-refractivity contribution in [2.24, 2.45) is 5.92 Å². The van der Waals surface area contributed by atoms with Crippen molar-refractivity contribution in [1.29, 1.82) is 0 Å². The maximum atomic E-state index is 13.6. The van der Waals surface area contributed by atoms with Crippen LogP contribution in [0.1, 0.15) is 35.0 Å². The molecule has 31 heavy (non-hydrogen) atoms. The first-order valence-electron chi connectivity index (χ1n) is 10.8. The van der Waals surface area contributed by atoms with Crippen molar-refractivity contribution >= 4 is 28.4 Å². The largest absolute Gasteiger partial charge is 0.476 e. The van der Waals surface area contributed by atoms with Gasteiger partial charge in [0.2, 0.25) is 0 Å². The van der Waals surface area contributed by atoms with Crippen LogP contribution in [-0.4, -0.2) is 48.4 Å². The van der Waals surface area contributed by atoms with E-state index in [1.807, 2.05) is 36.4 Å². The Bertz CT molecular complexity index is 1180. The van der Waals surface area contributed by atoms with E-state index in [-0.39, 0.29) is 18.4 Å². The van der Waals surface area contributed by atoms with Crippen LogP contribution in [0, 0.1) is 5.92 Å². The van der Waals surface area contributed by atoms with Crippen molar-refractivity contribution in [3.05, 3.63) is 59.3 Å². The Hall–Kier alpha value is -3.28. The summed E-state index contributed by atoms with van der Waals surface area (Å²) in [5, 5.41) is 1.13. The van der Waals surface area contributed by atoms with Crippen molar-refractivity contribution in [2.45, 2.75) is 32.3 Å². The smallest absolute Gasteiger partial charge is 0.265 e. The van der Waals surface area contributed by atoms with E-state index in [1.165, 1.54) is 22.6 Å². The quantitative estimate of drug-likeness (QED) is 0.690. The monoisotopic (exact) mass is 417 g/mol. The summed E-state index contributed by atoms with van der Waals surface area (Å²) in [6.45, 7) is 2.47. The maximum absolute atomic E-state index is 13.6. The fourth-order valence-corrected chi connectivity index (χ4v) is 4.72. The highest BCUT2D eigenvalue weighted by Gasteiger charge is 2.35. The first kappa shape index (κ1) is 19.7. The van der Waals surface area contributed by atoms with Crippen LogP contribution in [0.4, 0.5) is 5.69 Å². The number of H-pyrrole nitrogens is 1. The molecule has 6 heteroatoms. The van der Waals surface area contributed by atoms with E-state index >= 15 is 0 Å². The standard InChI is InChI=1S/C25H27N3O3/c1-15-8-10-19-17(12-15)18-13-16(9-11-20(18)26-19)24(29)28-14-23(25(30)27(2)3)31-22-7-5-4-6-21(22)28/h4-7,9,11,13,15,23,26H,8,10,12,14H2,1-3H3/t15-,23+/m1/s1. The molecule has 6 nitrogen and oxygen atoms in total. The molecule has 1 aliphatic heterocycles. The molecule has 2 aromatic carbocycles. The Morgan fingerprint density at radius 3 is 2.77 bits per heavy atom. The number of hydrogen-bond donors (Lipinski definition) is 1. The molecule has 1 aromatic heterocycles. The Morgan fingerprint density at radius 2 is 1.97 bits per heavy atom. The van der Waals surface area contributed by atoms with Gasteiger partial charge in [0.25, 0.3) is 11.8 Å². The second-order valence-electron chi connectivity index (χ2n) is 8.91. The number of carbonyl (C=O) groups excluding carboxylic acids is 2. The number of anilines is 1. The van der Waals surface area contributed by atoms with E-state index in [1.54, 1.807) is 25.1 Å².